The number of hydrogen-bond acceptors (Lipinski definition) is 5. The number of hydrogen-bond donors (Lipinski definition) is 1. The van der Waals surface area contributed by atoms with Gasteiger partial charge in [0.15, 0.2) is 5.13 Å². The van der Waals surface area contributed by atoms with E-state index >= 15 is 0 Å². The zero-order valence-corrected chi connectivity index (χ0v) is 14.6. The van der Waals surface area contributed by atoms with E-state index in [9.17, 15) is 4.79 Å². The Morgan fingerprint density at radius 1 is 1.40 bits per heavy atom. The third kappa shape index (κ3) is 4.04. The van der Waals surface area contributed by atoms with Crippen molar-refractivity contribution in [2.75, 3.05) is 11.9 Å². The minimum atomic E-state index is -0.258. The molecule has 2 aromatic rings. The molecule has 0 fully saturated rings. The summed E-state index contributed by atoms with van der Waals surface area (Å²) in [6.07, 6.45) is 0.198. The average molecular weight is 420 g/mol. The largest absolute Gasteiger partial charge is 0.466 e. The molecule has 0 aliphatic heterocycles. The van der Waals surface area contributed by atoms with Crippen LogP contribution in [0.3, 0.4) is 0 Å². The predicted molar refractivity (Wildman–Crippen MR) is 87.6 cm³/mol. The van der Waals surface area contributed by atoms with E-state index in [2.05, 4.69) is 42.2 Å². The molecule has 0 aliphatic rings. The fraction of sp³-hybridized carbons (Fsp3) is 0.231. The van der Waals surface area contributed by atoms with E-state index in [0.717, 1.165) is 19.8 Å². The van der Waals surface area contributed by atoms with Crippen LogP contribution in [0.1, 0.15) is 12.6 Å². The minimum Gasteiger partial charge on any atom is -0.466 e. The molecule has 0 unspecified atom stereocenters. The van der Waals surface area contributed by atoms with Gasteiger partial charge in [0.05, 0.1) is 24.4 Å². The molecule has 0 atom stereocenters. The zero-order valence-electron chi connectivity index (χ0n) is 10.7. The highest BCUT2D eigenvalue weighted by Gasteiger charge is 2.10. The van der Waals surface area contributed by atoms with E-state index < -0.39 is 0 Å². The van der Waals surface area contributed by atoms with Crippen molar-refractivity contribution >= 4 is 60.0 Å². The van der Waals surface area contributed by atoms with Crippen molar-refractivity contribution in [3.63, 3.8) is 0 Å². The van der Waals surface area contributed by atoms with Gasteiger partial charge < -0.3 is 10.1 Å². The Hall–Kier alpha value is -0.920. The molecular formula is C13H12Br2N2O2S. The van der Waals surface area contributed by atoms with Crippen LogP contribution < -0.4 is 5.32 Å². The van der Waals surface area contributed by atoms with E-state index in [1.54, 1.807) is 6.92 Å². The van der Waals surface area contributed by atoms with Gasteiger partial charge in [-0.15, -0.1) is 11.3 Å². The molecule has 1 aromatic carbocycles. The van der Waals surface area contributed by atoms with Crippen LogP contribution >= 0.6 is 43.2 Å². The predicted octanol–water partition coefficient (Wildman–Crippen LogP) is 4.52. The number of nitrogens with zero attached hydrogens (tertiary/aromatic N) is 1. The maximum atomic E-state index is 11.4. The molecule has 0 aliphatic carbocycles. The first kappa shape index (κ1) is 15.5. The third-order valence-corrected chi connectivity index (χ3v) is 4.51. The molecule has 1 N–H and O–H groups in total. The number of carbonyl (C=O) groups is 1. The fourth-order valence-corrected chi connectivity index (χ4v) is 3.44. The zero-order chi connectivity index (χ0) is 14.5. The van der Waals surface area contributed by atoms with E-state index in [0.29, 0.717) is 12.3 Å². The number of ether oxygens (including phenoxy) is 1. The summed E-state index contributed by atoms with van der Waals surface area (Å²) in [5, 5.41) is 5.81. The second kappa shape index (κ2) is 7.19. The lowest BCUT2D eigenvalue weighted by Crippen LogP contribution is -2.07. The van der Waals surface area contributed by atoms with Crippen molar-refractivity contribution in [1.29, 1.82) is 0 Å². The number of rotatable bonds is 5. The molecule has 20 heavy (non-hydrogen) atoms. The van der Waals surface area contributed by atoms with E-state index in [-0.39, 0.29) is 12.4 Å². The molecule has 4 nitrogen and oxygen atoms in total. The molecule has 1 heterocycles. The highest BCUT2D eigenvalue weighted by Crippen LogP contribution is 2.33. The second-order valence-corrected chi connectivity index (χ2v) is 6.41. The van der Waals surface area contributed by atoms with Crippen LogP contribution in [0.4, 0.5) is 10.8 Å². The normalized spacial score (nSPS) is 10.3. The number of para-hydroxylation sites is 1. The average Bonchev–Trinajstić information content (AvgIpc) is 2.82. The van der Waals surface area contributed by atoms with Gasteiger partial charge in [0.2, 0.25) is 0 Å². The molecule has 7 heteroatoms. The van der Waals surface area contributed by atoms with Gasteiger partial charge in [0.25, 0.3) is 0 Å². The minimum absolute atomic E-state index is 0.198. The van der Waals surface area contributed by atoms with Gasteiger partial charge in [-0.25, -0.2) is 4.98 Å². The lowest BCUT2D eigenvalue weighted by Gasteiger charge is -2.07. The fourth-order valence-electron chi connectivity index (χ4n) is 1.53. The van der Waals surface area contributed by atoms with Gasteiger partial charge in [0.1, 0.15) is 0 Å². The van der Waals surface area contributed by atoms with Crippen LogP contribution in [0, 0.1) is 0 Å². The number of thiazole rings is 1. The highest BCUT2D eigenvalue weighted by molar-refractivity contribution is 9.11. The van der Waals surface area contributed by atoms with Crippen LogP contribution in [0.15, 0.2) is 32.5 Å². The molecule has 2 rings (SSSR count). The lowest BCUT2D eigenvalue weighted by atomic mass is 10.3. The quantitative estimate of drug-likeness (QED) is 0.724. The summed E-state index contributed by atoms with van der Waals surface area (Å²) in [6.45, 7) is 2.17. The Kier molecular flexibility index (Phi) is 5.56. The molecule has 0 saturated carbocycles. The molecule has 0 bridgehead atoms. The van der Waals surface area contributed by atoms with Crippen LogP contribution in [0.5, 0.6) is 0 Å². The topological polar surface area (TPSA) is 51.2 Å². The van der Waals surface area contributed by atoms with Crippen LogP contribution in [0.25, 0.3) is 0 Å². The van der Waals surface area contributed by atoms with Crippen LogP contribution in [0.2, 0.25) is 0 Å². The maximum absolute atomic E-state index is 11.4. The van der Waals surface area contributed by atoms with Gasteiger partial charge in [-0.1, -0.05) is 6.07 Å². The molecular weight excluding hydrogens is 408 g/mol. The van der Waals surface area contributed by atoms with Crippen molar-refractivity contribution in [3.8, 4) is 0 Å². The molecule has 0 amide bonds. The van der Waals surface area contributed by atoms with Crippen LogP contribution in [-0.4, -0.2) is 17.6 Å². The number of nitrogens with one attached hydrogen (secondary N) is 1. The van der Waals surface area contributed by atoms with Crippen molar-refractivity contribution < 1.29 is 9.53 Å². The van der Waals surface area contributed by atoms with E-state index in [1.807, 2.05) is 23.6 Å². The lowest BCUT2D eigenvalue weighted by molar-refractivity contribution is -0.142. The summed E-state index contributed by atoms with van der Waals surface area (Å²) in [5.41, 5.74) is 1.61. The molecule has 0 saturated heterocycles. The number of halogens is 2. The molecule has 0 spiro atoms. The first-order chi connectivity index (χ1) is 9.60. The Balaban J connectivity index is 2.08. The number of benzene rings is 1. The third-order valence-electron chi connectivity index (χ3n) is 2.38. The van der Waals surface area contributed by atoms with E-state index in [4.69, 9.17) is 4.74 Å². The first-order valence-electron chi connectivity index (χ1n) is 5.91. The van der Waals surface area contributed by atoms with Gasteiger partial charge in [0, 0.05) is 14.3 Å². The van der Waals surface area contributed by atoms with Gasteiger partial charge in [-0.05, 0) is 50.9 Å². The molecule has 0 radical (unpaired) electrons. The summed E-state index contributed by atoms with van der Waals surface area (Å²) in [7, 11) is 0. The highest BCUT2D eigenvalue weighted by atomic mass is 79.9. The monoisotopic (exact) mass is 418 g/mol. The summed E-state index contributed by atoms with van der Waals surface area (Å²) in [4.78, 5) is 15.8. The Labute approximate surface area is 137 Å². The van der Waals surface area contributed by atoms with Crippen molar-refractivity contribution in [1.82, 2.24) is 4.98 Å². The smallest absolute Gasteiger partial charge is 0.311 e. The first-order valence-corrected chi connectivity index (χ1v) is 8.37. The van der Waals surface area contributed by atoms with Crippen molar-refractivity contribution in [3.05, 3.63) is 38.2 Å². The summed E-state index contributed by atoms with van der Waals surface area (Å²) < 4.78 is 6.78. The van der Waals surface area contributed by atoms with E-state index in [1.165, 1.54) is 11.3 Å². The summed E-state index contributed by atoms with van der Waals surface area (Å²) in [5.74, 6) is -0.258. The maximum Gasteiger partial charge on any atom is 0.311 e. The summed E-state index contributed by atoms with van der Waals surface area (Å²) in [6, 6.07) is 5.83. The Morgan fingerprint density at radius 3 is 2.75 bits per heavy atom. The Bertz CT molecular complexity index is 596. The van der Waals surface area contributed by atoms with Gasteiger partial charge in [-0.2, -0.15) is 0 Å². The number of carbonyl (C=O) groups excluding carboxylic acids is 1. The SMILES string of the molecule is CCOC(=O)Cc1csc(Nc2c(Br)cccc2Br)n1. The van der Waals surface area contributed by atoms with Crippen molar-refractivity contribution in [2.45, 2.75) is 13.3 Å². The molecule has 106 valence electrons. The van der Waals surface area contributed by atoms with Crippen LogP contribution in [-0.2, 0) is 16.0 Å². The van der Waals surface area contributed by atoms with Gasteiger partial charge >= 0.3 is 5.97 Å². The number of aromatic nitrogens is 1. The van der Waals surface area contributed by atoms with Crippen molar-refractivity contribution in [2.24, 2.45) is 0 Å². The number of anilines is 2. The van der Waals surface area contributed by atoms with Gasteiger partial charge in [-0.3, -0.25) is 4.79 Å². The second-order valence-electron chi connectivity index (χ2n) is 3.85. The number of esters is 1. The standard InChI is InChI=1S/C13H12Br2N2O2S/c1-2-19-11(18)6-8-7-20-13(16-8)17-12-9(14)4-3-5-10(12)15/h3-5,7H,2,6H2,1H3,(H,16,17). The molecule has 1 aromatic heterocycles. The Morgan fingerprint density at radius 2 is 2.10 bits per heavy atom. The summed E-state index contributed by atoms with van der Waals surface area (Å²) >= 11 is 8.42.